The van der Waals surface area contributed by atoms with E-state index in [4.69, 9.17) is 0 Å². The van der Waals surface area contributed by atoms with E-state index in [2.05, 4.69) is 39.0 Å². The van der Waals surface area contributed by atoms with Gasteiger partial charge in [-0.05, 0) is 43.9 Å². The van der Waals surface area contributed by atoms with Gasteiger partial charge in [0.1, 0.15) is 0 Å². The molecular weight excluding hydrogens is 120 g/mol. The lowest BCUT2D eigenvalue weighted by Crippen LogP contribution is -1.84. The fourth-order valence-electron chi connectivity index (χ4n) is 0.959. The molecule has 0 spiro atoms. The van der Waals surface area contributed by atoms with Crippen molar-refractivity contribution >= 4 is 0 Å². The SMILES string of the molecule is [CH2]Cc1ccc(C)c(C)c1. The number of hydrogen-bond acceptors (Lipinski definition) is 0. The molecule has 0 saturated carbocycles. The summed E-state index contributed by atoms with van der Waals surface area (Å²) in [6.45, 7) is 8.09. The molecule has 0 heterocycles. The molecule has 0 unspecified atom stereocenters. The molecule has 0 atom stereocenters. The maximum Gasteiger partial charge on any atom is -0.0279 e. The van der Waals surface area contributed by atoms with E-state index in [-0.39, 0.29) is 0 Å². The van der Waals surface area contributed by atoms with Gasteiger partial charge in [-0.2, -0.15) is 0 Å². The van der Waals surface area contributed by atoms with Gasteiger partial charge in [-0.1, -0.05) is 18.2 Å². The average Bonchev–Trinajstić information content (AvgIpc) is 1.95. The first-order valence-corrected chi connectivity index (χ1v) is 3.59. The van der Waals surface area contributed by atoms with Crippen LogP contribution in [0.5, 0.6) is 0 Å². The molecule has 10 heavy (non-hydrogen) atoms. The number of aryl methyl sites for hydroxylation is 2. The Morgan fingerprint density at radius 1 is 1.20 bits per heavy atom. The molecule has 0 saturated heterocycles. The first-order chi connectivity index (χ1) is 4.74. The molecule has 0 nitrogen and oxygen atoms in total. The van der Waals surface area contributed by atoms with E-state index in [1.165, 1.54) is 16.7 Å². The Morgan fingerprint density at radius 3 is 2.40 bits per heavy atom. The van der Waals surface area contributed by atoms with E-state index in [9.17, 15) is 0 Å². The third-order valence-corrected chi connectivity index (χ3v) is 1.86. The highest BCUT2D eigenvalue weighted by atomic mass is 14.0. The molecule has 0 amide bonds. The molecule has 0 N–H and O–H groups in total. The molecule has 0 bridgehead atoms. The van der Waals surface area contributed by atoms with Gasteiger partial charge >= 0.3 is 0 Å². The van der Waals surface area contributed by atoms with Crippen LogP contribution in [-0.2, 0) is 6.42 Å². The van der Waals surface area contributed by atoms with Crippen LogP contribution in [0.4, 0.5) is 0 Å². The van der Waals surface area contributed by atoms with Gasteiger partial charge in [0.15, 0.2) is 0 Å². The van der Waals surface area contributed by atoms with E-state index >= 15 is 0 Å². The molecule has 0 heteroatoms. The zero-order valence-corrected chi connectivity index (χ0v) is 6.65. The predicted molar refractivity (Wildman–Crippen MR) is 45.0 cm³/mol. The number of rotatable bonds is 1. The Hall–Kier alpha value is -0.780. The van der Waals surface area contributed by atoms with Gasteiger partial charge in [0, 0.05) is 0 Å². The smallest absolute Gasteiger partial charge is 0.0279 e. The number of hydrogen-bond donors (Lipinski definition) is 0. The largest absolute Gasteiger partial charge is 0.0588 e. The third kappa shape index (κ3) is 1.38. The normalized spacial score (nSPS) is 9.90. The molecule has 1 aromatic carbocycles. The summed E-state index contributed by atoms with van der Waals surface area (Å²) in [6, 6.07) is 6.48. The first-order valence-electron chi connectivity index (χ1n) is 3.59. The monoisotopic (exact) mass is 133 g/mol. The minimum Gasteiger partial charge on any atom is -0.0588 e. The summed E-state index contributed by atoms with van der Waals surface area (Å²) >= 11 is 0. The Morgan fingerprint density at radius 2 is 1.90 bits per heavy atom. The van der Waals surface area contributed by atoms with E-state index in [0.717, 1.165) is 6.42 Å². The van der Waals surface area contributed by atoms with Crippen molar-refractivity contribution in [3.8, 4) is 0 Å². The summed E-state index contributed by atoms with van der Waals surface area (Å²) in [6.07, 6.45) is 0.890. The second-order valence-corrected chi connectivity index (χ2v) is 2.67. The molecule has 0 aliphatic rings. The Balaban J connectivity index is 3.04. The van der Waals surface area contributed by atoms with Crippen molar-refractivity contribution < 1.29 is 0 Å². The van der Waals surface area contributed by atoms with Crippen LogP contribution in [0.15, 0.2) is 18.2 Å². The molecule has 0 fully saturated rings. The lowest BCUT2D eigenvalue weighted by atomic mass is 10.1. The topological polar surface area (TPSA) is 0 Å². The highest BCUT2D eigenvalue weighted by Gasteiger charge is 1.92. The van der Waals surface area contributed by atoms with E-state index < -0.39 is 0 Å². The molecule has 1 rings (SSSR count). The second-order valence-electron chi connectivity index (χ2n) is 2.67. The molecule has 1 radical (unpaired) electrons. The molecule has 0 aliphatic heterocycles. The van der Waals surface area contributed by atoms with Crippen LogP contribution >= 0.6 is 0 Å². The quantitative estimate of drug-likeness (QED) is 0.552. The summed E-state index contributed by atoms with van der Waals surface area (Å²) in [5.41, 5.74) is 4.04. The lowest BCUT2D eigenvalue weighted by Gasteiger charge is -2.01. The third-order valence-electron chi connectivity index (χ3n) is 1.86. The van der Waals surface area contributed by atoms with E-state index in [1.807, 2.05) is 0 Å². The van der Waals surface area contributed by atoms with Crippen molar-refractivity contribution in [3.05, 3.63) is 41.8 Å². The zero-order valence-electron chi connectivity index (χ0n) is 6.65. The van der Waals surface area contributed by atoms with Crippen molar-refractivity contribution in [2.45, 2.75) is 20.3 Å². The van der Waals surface area contributed by atoms with Gasteiger partial charge in [-0.3, -0.25) is 0 Å². The highest BCUT2D eigenvalue weighted by Crippen LogP contribution is 2.09. The fraction of sp³-hybridized carbons (Fsp3) is 0.300. The summed E-state index contributed by atoms with van der Waals surface area (Å²) < 4.78 is 0. The fourth-order valence-corrected chi connectivity index (χ4v) is 0.959. The van der Waals surface area contributed by atoms with Crippen LogP contribution in [0.2, 0.25) is 0 Å². The van der Waals surface area contributed by atoms with Crippen LogP contribution < -0.4 is 0 Å². The Kier molecular flexibility index (Phi) is 2.10. The van der Waals surface area contributed by atoms with Crippen molar-refractivity contribution in [2.24, 2.45) is 0 Å². The Bertz CT molecular complexity index is 223. The standard InChI is InChI=1S/C10H13/c1-4-10-6-5-8(2)9(3)7-10/h5-7H,1,4H2,2-3H3. The van der Waals surface area contributed by atoms with E-state index in [1.54, 1.807) is 0 Å². The van der Waals surface area contributed by atoms with Gasteiger partial charge in [-0.15, -0.1) is 0 Å². The molecule has 1 aromatic rings. The maximum atomic E-state index is 3.83. The highest BCUT2D eigenvalue weighted by molar-refractivity contribution is 5.30. The molecule has 0 aliphatic carbocycles. The van der Waals surface area contributed by atoms with Gasteiger partial charge in [0.25, 0.3) is 0 Å². The second kappa shape index (κ2) is 2.87. The van der Waals surface area contributed by atoms with Crippen molar-refractivity contribution in [3.63, 3.8) is 0 Å². The van der Waals surface area contributed by atoms with Crippen molar-refractivity contribution in [1.82, 2.24) is 0 Å². The predicted octanol–water partition coefficient (Wildman–Crippen LogP) is 2.68. The minimum absolute atomic E-state index is 0.890. The average molecular weight is 133 g/mol. The molecule has 0 aromatic heterocycles. The van der Waals surface area contributed by atoms with Crippen molar-refractivity contribution in [2.75, 3.05) is 0 Å². The van der Waals surface area contributed by atoms with Gasteiger partial charge < -0.3 is 0 Å². The van der Waals surface area contributed by atoms with Crippen LogP contribution in [0.25, 0.3) is 0 Å². The molecular formula is C10H13. The lowest BCUT2D eigenvalue weighted by molar-refractivity contribution is 1.22. The summed E-state index contributed by atoms with van der Waals surface area (Å²) in [5.74, 6) is 0. The van der Waals surface area contributed by atoms with Gasteiger partial charge in [0.2, 0.25) is 0 Å². The minimum atomic E-state index is 0.890. The van der Waals surface area contributed by atoms with Gasteiger partial charge in [0.05, 0.1) is 0 Å². The van der Waals surface area contributed by atoms with Gasteiger partial charge in [-0.25, -0.2) is 0 Å². The first kappa shape index (κ1) is 7.33. The molecule has 53 valence electrons. The summed E-state index contributed by atoms with van der Waals surface area (Å²) in [7, 11) is 0. The maximum absolute atomic E-state index is 3.83. The van der Waals surface area contributed by atoms with Crippen LogP contribution in [0.3, 0.4) is 0 Å². The van der Waals surface area contributed by atoms with Crippen molar-refractivity contribution in [1.29, 1.82) is 0 Å². The zero-order chi connectivity index (χ0) is 7.56. The number of benzene rings is 1. The Labute approximate surface area is 62.9 Å². The summed E-state index contributed by atoms with van der Waals surface area (Å²) in [4.78, 5) is 0. The van der Waals surface area contributed by atoms with E-state index in [0.29, 0.717) is 0 Å². The van der Waals surface area contributed by atoms with Crippen LogP contribution in [0, 0.1) is 20.8 Å². The summed E-state index contributed by atoms with van der Waals surface area (Å²) in [5, 5.41) is 0. The van der Waals surface area contributed by atoms with Crippen LogP contribution in [-0.4, -0.2) is 0 Å². The van der Waals surface area contributed by atoms with Crippen LogP contribution in [0.1, 0.15) is 16.7 Å².